The quantitative estimate of drug-likeness (QED) is 0.749. The van der Waals surface area contributed by atoms with Crippen LogP contribution in [0.1, 0.15) is 28.4 Å². The third kappa shape index (κ3) is 4.60. The van der Waals surface area contributed by atoms with Crippen LogP contribution >= 0.6 is 0 Å². The summed E-state index contributed by atoms with van der Waals surface area (Å²) in [5.74, 6) is -1.48. The number of hydrogen-bond acceptors (Lipinski definition) is 5. The molecule has 0 aliphatic heterocycles. The Bertz CT molecular complexity index is 937. The molecule has 0 aliphatic rings. The molecule has 7 nitrogen and oxygen atoms in total. The maximum atomic E-state index is 12.6. The Labute approximate surface area is 152 Å². The summed E-state index contributed by atoms with van der Waals surface area (Å²) in [4.78, 5) is 23.0. The molecule has 26 heavy (non-hydrogen) atoms. The van der Waals surface area contributed by atoms with Crippen molar-refractivity contribution < 1.29 is 22.7 Å². The van der Waals surface area contributed by atoms with E-state index in [1.165, 1.54) is 31.2 Å². The van der Waals surface area contributed by atoms with E-state index in [1.54, 1.807) is 19.1 Å². The first-order valence-electron chi connectivity index (χ1n) is 7.80. The van der Waals surface area contributed by atoms with Gasteiger partial charge in [0.05, 0.1) is 10.5 Å². The number of rotatable bonds is 6. The molecular formula is C18H20N2O5S. The van der Waals surface area contributed by atoms with E-state index in [2.05, 4.69) is 4.72 Å². The van der Waals surface area contributed by atoms with Gasteiger partial charge in [0, 0.05) is 5.69 Å². The number of sulfonamides is 1. The van der Waals surface area contributed by atoms with E-state index in [0.29, 0.717) is 11.3 Å². The number of carbonyl (C=O) groups excluding carboxylic acids is 2. The lowest BCUT2D eigenvalue weighted by Gasteiger charge is -2.12. The summed E-state index contributed by atoms with van der Waals surface area (Å²) < 4.78 is 32.5. The zero-order chi connectivity index (χ0) is 19.5. The van der Waals surface area contributed by atoms with Crippen molar-refractivity contribution in [1.29, 1.82) is 0 Å². The summed E-state index contributed by atoms with van der Waals surface area (Å²) in [7, 11) is -3.76. The average molecular weight is 376 g/mol. The van der Waals surface area contributed by atoms with Crippen LogP contribution in [0.4, 0.5) is 5.69 Å². The first-order chi connectivity index (χ1) is 12.1. The molecule has 0 saturated carbocycles. The molecule has 1 atom stereocenters. The average Bonchev–Trinajstić information content (AvgIpc) is 2.57. The highest BCUT2D eigenvalue weighted by Crippen LogP contribution is 2.21. The molecule has 0 saturated heterocycles. The van der Waals surface area contributed by atoms with E-state index in [1.807, 2.05) is 13.0 Å². The van der Waals surface area contributed by atoms with Crippen molar-refractivity contribution in [2.45, 2.75) is 31.8 Å². The fourth-order valence-electron chi connectivity index (χ4n) is 2.17. The second-order valence-corrected chi connectivity index (χ2v) is 7.55. The molecule has 138 valence electrons. The molecule has 3 N–H and O–H groups in total. The molecule has 0 aromatic heterocycles. The van der Waals surface area contributed by atoms with Gasteiger partial charge in [0.15, 0.2) is 6.10 Å². The topological polar surface area (TPSA) is 116 Å². The van der Waals surface area contributed by atoms with Gasteiger partial charge in [-0.2, -0.15) is 0 Å². The summed E-state index contributed by atoms with van der Waals surface area (Å²) in [6, 6.07) is 10.8. The number of ether oxygens (including phenoxy) is 1. The number of nitrogens with one attached hydrogen (secondary N) is 1. The Morgan fingerprint density at radius 2 is 1.69 bits per heavy atom. The Morgan fingerprint density at radius 3 is 2.27 bits per heavy atom. The van der Waals surface area contributed by atoms with Crippen LogP contribution in [0.3, 0.4) is 0 Å². The smallest absolute Gasteiger partial charge is 0.338 e. The van der Waals surface area contributed by atoms with E-state index >= 15 is 0 Å². The maximum absolute atomic E-state index is 12.6. The van der Waals surface area contributed by atoms with Gasteiger partial charge in [0.1, 0.15) is 0 Å². The first kappa shape index (κ1) is 19.5. The predicted octanol–water partition coefficient (Wildman–Crippen LogP) is 2.13. The van der Waals surface area contributed by atoms with Crippen molar-refractivity contribution in [1.82, 2.24) is 0 Å². The molecule has 2 rings (SSSR count). The fraction of sp³-hybridized carbons (Fsp3) is 0.222. The fourth-order valence-corrected chi connectivity index (χ4v) is 3.56. The van der Waals surface area contributed by atoms with E-state index in [4.69, 9.17) is 10.5 Å². The second-order valence-electron chi connectivity index (χ2n) is 5.90. The van der Waals surface area contributed by atoms with Crippen LogP contribution in [-0.2, 0) is 19.6 Å². The lowest BCUT2D eigenvalue weighted by atomic mass is 10.2. The number of carbonyl (C=O) groups is 2. The third-order valence-electron chi connectivity index (χ3n) is 3.69. The molecule has 2 aromatic rings. The summed E-state index contributed by atoms with van der Waals surface area (Å²) >= 11 is 0. The van der Waals surface area contributed by atoms with E-state index in [0.717, 1.165) is 5.56 Å². The van der Waals surface area contributed by atoms with Gasteiger partial charge in [0.2, 0.25) is 0 Å². The van der Waals surface area contributed by atoms with E-state index in [-0.39, 0.29) is 10.5 Å². The molecule has 0 bridgehead atoms. The Hall–Kier alpha value is -2.87. The number of benzene rings is 2. The zero-order valence-corrected chi connectivity index (χ0v) is 15.5. The van der Waals surface area contributed by atoms with Gasteiger partial charge in [-0.05, 0) is 62.2 Å². The van der Waals surface area contributed by atoms with Crippen LogP contribution < -0.4 is 10.5 Å². The van der Waals surface area contributed by atoms with Crippen LogP contribution in [0, 0.1) is 13.8 Å². The lowest BCUT2D eigenvalue weighted by molar-refractivity contribution is -0.125. The highest BCUT2D eigenvalue weighted by atomic mass is 32.2. The molecule has 1 amide bonds. The standard InChI is InChI=1S/C18H20N2O5S/c1-11-4-5-12(2)16(10-11)26(23,24)20-15-8-6-14(7-9-15)18(22)25-13(3)17(19)21/h4-10,13,20H,1-3H3,(H2,19,21)/t13-/m0/s1. The summed E-state index contributed by atoms with van der Waals surface area (Å²) in [5.41, 5.74) is 6.97. The maximum Gasteiger partial charge on any atom is 0.338 e. The monoisotopic (exact) mass is 376 g/mol. The number of nitrogens with two attached hydrogens (primary N) is 1. The Kier molecular flexibility index (Phi) is 5.66. The third-order valence-corrected chi connectivity index (χ3v) is 5.21. The minimum absolute atomic E-state index is 0.174. The summed E-state index contributed by atoms with van der Waals surface area (Å²) in [6.45, 7) is 4.89. The van der Waals surface area contributed by atoms with Gasteiger partial charge < -0.3 is 10.5 Å². The van der Waals surface area contributed by atoms with Gasteiger partial charge in [-0.3, -0.25) is 9.52 Å². The molecule has 0 heterocycles. The summed E-state index contributed by atoms with van der Waals surface area (Å²) in [5, 5.41) is 0. The SMILES string of the molecule is Cc1ccc(C)c(S(=O)(=O)Nc2ccc(C(=O)O[C@@H](C)C(N)=O)cc2)c1. The van der Waals surface area contributed by atoms with Crippen LogP contribution in [0.5, 0.6) is 0 Å². The lowest BCUT2D eigenvalue weighted by Crippen LogP contribution is -2.30. The van der Waals surface area contributed by atoms with Gasteiger partial charge >= 0.3 is 5.97 Å². The van der Waals surface area contributed by atoms with Crippen LogP contribution in [0.2, 0.25) is 0 Å². The van der Waals surface area contributed by atoms with Crippen molar-refractivity contribution in [3.8, 4) is 0 Å². The second kappa shape index (κ2) is 7.57. The Balaban J connectivity index is 2.17. The predicted molar refractivity (Wildman–Crippen MR) is 97.2 cm³/mol. The highest BCUT2D eigenvalue weighted by molar-refractivity contribution is 7.92. The minimum Gasteiger partial charge on any atom is -0.449 e. The van der Waals surface area contributed by atoms with Gasteiger partial charge in [-0.25, -0.2) is 13.2 Å². The number of primary amides is 1. The highest BCUT2D eigenvalue weighted by Gasteiger charge is 2.19. The molecular weight excluding hydrogens is 356 g/mol. The number of amides is 1. The van der Waals surface area contributed by atoms with E-state index in [9.17, 15) is 18.0 Å². The molecule has 8 heteroatoms. The molecule has 0 aliphatic carbocycles. The number of esters is 1. The van der Waals surface area contributed by atoms with Crippen LogP contribution in [-0.4, -0.2) is 26.4 Å². The van der Waals surface area contributed by atoms with Crippen molar-refractivity contribution in [3.63, 3.8) is 0 Å². The zero-order valence-electron chi connectivity index (χ0n) is 14.6. The minimum atomic E-state index is -3.76. The number of hydrogen-bond donors (Lipinski definition) is 2. The van der Waals surface area contributed by atoms with Crippen LogP contribution in [0.15, 0.2) is 47.4 Å². The Morgan fingerprint density at radius 1 is 1.08 bits per heavy atom. The van der Waals surface area contributed by atoms with Crippen molar-refractivity contribution >= 4 is 27.6 Å². The van der Waals surface area contributed by atoms with Gasteiger partial charge in [0.25, 0.3) is 15.9 Å². The molecule has 0 unspecified atom stereocenters. The van der Waals surface area contributed by atoms with Crippen molar-refractivity contribution in [2.24, 2.45) is 5.73 Å². The first-order valence-corrected chi connectivity index (χ1v) is 9.29. The largest absolute Gasteiger partial charge is 0.449 e. The molecule has 0 radical (unpaired) electrons. The van der Waals surface area contributed by atoms with Crippen molar-refractivity contribution in [3.05, 3.63) is 59.2 Å². The van der Waals surface area contributed by atoms with Crippen molar-refractivity contribution in [2.75, 3.05) is 4.72 Å². The number of anilines is 1. The van der Waals surface area contributed by atoms with Gasteiger partial charge in [-0.1, -0.05) is 12.1 Å². The summed E-state index contributed by atoms with van der Waals surface area (Å²) in [6.07, 6.45) is -1.05. The normalized spacial score (nSPS) is 12.3. The molecule has 0 fully saturated rings. The van der Waals surface area contributed by atoms with Gasteiger partial charge in [-0.15, -0.1) is 0 Å². The molecule has 0 spiro atoms. The van der Waals surface area contributed by atoms with E-state index < -0.39 is 28.0 Å². The van der Waals surface area contributed by atoms with Crippen LogP contribution in [0.25, 0.3) is 0 Å². The number of aryl methyl sites for hydroxylation is 2. The molecule has 2 aromatic carbocycles.